The monoisotopic (exact) mass is 280 g/mol. The van der Waals surface area contributed by atoms with Crippen LogP contribution in [-0.2, 0) is 5.54 Å². The van der Waals surface area contributed by atoms with Crippen LogP contribution in [0.15, 0.2) is 24.3 Å². The summed E-state index contributed by atoms with van der Waals surface area (Å²) in [7, 11) is 0. The third kappa shape index (κ3) is 2.37. The Bertz CT molecular complexity index is 475. The smallest absolute Gasteiger partial charge is 0.252 e. The number of fused-ring (bicyclic) bond motifs is 2. The van der Waals surface area contributed by atoms with E-state index in [0.717, 1.165) is 38.0 Å². The topological polar surface area (TPSA) is 32.3 Å². The zero-order valence-corrected chi connectivity index (χ0v) is 12.1. The van der Waals surface area contributed by atoms with Gasteiger partial charge in [0.05, 0.1) is 5.54 Å². The number of nitrogens with zero attached hydrogens (tertiary/aromatic N) is 1. The maximum Gasteiger partial charge on any atom is 0.252 e. The van der Waals surface area contributed by atoms with E-state index in [-0.39, 0.29) is 23.9 Å². The molecule has 1 aromatic rings. The van der Waals surface area contributed by atoms with E-state index in [1.165, 1.54) is 12.0 Å². The van der Waals surface area contributed by atoms with Gasteiger partial charge in [0.25, 0.3) is 5.91 Å². The Morgan fingerprint density at radius 3 is 2.95 bits per heavy atom. The summed E-state index contributed by atoms with van der Waals surface area (Å²) in [5.74, 6) is 0.101. The second-order valence-corrected chi connectivity index (χ2v) is 5.46. The summed E-state index contributed by atoms with van der Waals surface area (Å²) >= 11 is 0. The van der Waals surface area contributed by atoms with Crippen LogP contribution in [0.5, 0.6) is 0 Å². The van der Waals surface area contributed by atoms with Crippen LogP contribution in [0.2, 0.25) is 0 Å². The summed E-state index contributed by atoms with van der Waals surface area (Å²) in [6, 6.07) is 8.05. The predicted octanol–water partition coefficient (Wildman–Crippen LogP) is 2.55. The standard InChI is InChI=1S/C15H20N2O.ClH/c1-2-9-17-10-5-8-15(11-17)13-7-4-3-6-12(13)14(18)16-15;/h3-4,6-7H,2,5,8-11H2,1H3,(H,16,18);1H. The number of likely N-dealkylation sites (tertiary alicyclic amines) is 1. The molecule has 0 radical (unpaired) electrons. The van der Waals surface area contributed by atoms with E-state index in [1.54, 1.807) is 0 Å². The Morgan fingerprint density at radius 1 is 1.37 bits per heavy atom. The number of benzene rings is 1. The lowest BCUT2D eigenvalue weighted by Gasteiger charge is -2.41. The van der Waals surface area contributed by atoms with Crippen LogP contribution in [0.1, 0.15) is 42.1 Å². The fourth-order valence-electron chi connectivity index (χ4n) is 3.42. The van der Waals surface area contributed by atoms with Gasteiger partial charge in [-0.1, -0.05) is 25.1 Å². The van der Waals surface area contributed by atoms with Gasteiger partial charge in [-0.3, -0.25) is 4.79 Å². The molecule has 1 aromatic carbocycles. The van der Waals surface area contributed by atoms with Crippen molar-refractivity contribution in [2.45, 2.75) is 31.7 Å². The molecule has 3 rings (SSSR count). The highest BCUT2D eigenvalue weighted by atomic mass is 35.5. The number of amides is 1. The van der Waals surface area contributed by atoms with E-state index in [1.807, 2.05) is 18.2 Å². The number of piperidine rings is 1. The van der Waals surface area contributed by atoms with Crippen molar-refractivity contribution in [1.29, 1.82) is 0 Å². The highest BCUT2D eigenvalue weighted by Crippen LogP contribution is 2.38. The second kappa shape index (κ2) is 5.51. The quantitative estimate of drug-likeness (QED) is 0.903. The van der Waals surface area contributed by atoms with Crippen molar-refractivity contribution in [3.63, 3.8) is 0 Å². The predicted molar refractivity (Wildman–Crippen MR) is 78.8 cm³/mol. The molecule has 0 bridgehead atoms. The maximum absolute atomic E-state index is 12.1. The van der Waals surface area contributed by atoms with Crippen molar-refractivity contribution < 1.29 is 4.79 Å². The SMILES string of the molecule is CCCN1CCCC2(C1)NC(=O)c1ccccc12.Cl. The van der Waals surface area contributed by atoms with Crippen LogP contribution < -0.4 is 5.32 Å². The Labute approximate surface area is 120 Å². The van der Waals surface area contributed by atoms with Gasteiger partial charge in [-0.05, 0) is 44.0 Å². The Kier molecular flexibility index (Phi) is 4.16. The summed E-state index contributed by atoms with van der Waals surface area (Å²) in [4.78, 5) is 14.6. The van der Waals surface area contributed by atoms with Crippen molar-refractivity contribution in [2.75, 3.05) is 19.6 Å². The van der Waals surface area contributed by atoms with Crippen molar-refractivity contribution in [3.05, 3.63) is 35.4 Å². The van der Waals surface area contributed by atoms with Gasteiger partial charge in [-0.15, -0.1) is 12.4 Å². The molecule has 0 aliphatic carbocycles. The minimum Gasteiger partial charge on any atom is -0.341 e. The molecule has 104 valence electrons. The van der Waals surface area contributed by atoms with E-state index in [4.69, 9.17) is 0 Å². The van der Waals surface area contributed by atoms with Crippen LogP contribution in [-0.4, -0.2) is 30.4 Å². The van der Waals surface area contributed by atoms with Gasteiger partial charge < -0.3 is 10.2 Å². The first kappa shape index (κ1) is 14.4. The largest absolute Gasteiger partial charge is 0.341 e. The van der Waals surface area contributed by atoms with Gasteiger partial charge in [0, 0.05) is 12.1 Å². The third-order valence-corrected chi connectivity index (χ3v) is 4.15. The van der Waals surface area contributed by atoms with Gasteiger partial charge in [0.15, 0.2) is 0 Å². The Hall–Kier alpha value is -1.06. The molecule has 3 nitrogen and oxygen atoms in total. The lowest BCUT2D eigenvalue weighted by molar-refractivity contribution is 0.0838. The lowest BCUT2D eigenvalue weighted by atomic mass is 9.83. The van der Waals surface area contributed by atoms with Crippen LogP contribution in [0.25, 0.3) is 0 Å². The highest BCUT2D eigenvalue weighted by Gasteiger charge is 2.44. The highest BCUT2D eigenvalue weighted by molar-refractivity contribution is 6.00. The van der Waals surface area contributed by atoms with Gasteiger partial charge in [-0.2, -0.15) is 0 Å². The third-order valence-electron chi connectivity index (χ3n) is 4.15. The van der Waals surface area contributed by atoms with Crippen molar-refractivity contribution in [2.24, 2.45) is 0 Å². The molecule has 1 N–H and O–H groups in total. The first-order valence-electron chi connectivity index (χ1n) is 6.89. The first-order chi connectivity index (χ1) is 8.75. The molecular weight excluding hydrogens is 260 g/mol. The van der Waals surface area contributed by atoms with Crippen LogP contribution >= 0.6 is 12.4 Å². The summed E-state index contributed by atoms with van der Waals surface area (Å²) in [5, 5.41) is 3.24. The van der Waals surface area contributed by atoms with E-state index < -0.39 is 0 Å². The number of carbonyl (C=O) groups is 1. The zero-order chi connectivity index (χ0) is 12.6. The lowest BCUT2D eigenvalue weighted by Crippen LogP contribution is -2.52. The van der Waals surface area contributed by atoms with Gasteiger partial charge >= 0.3 is 0 Å². The van der Waals surface area contributed by atoms with Crippen LogP contribution in [0.4, 0.5) is 0 Å². The van der Waals surface area contributed by atoms with Crippen molar-refractivity contribution in [3.8, 4) is 0 Å². The van der Waals surface area contributed by atoms with Gasteiger partial charge in [-0.25, -0.2) is 0 Å². The Balaban J connectivity index is 0.00000133. The number of hydrogen-bond acceptors (Lipinski definition) is 2. The van der Waals surface area contributed by atoms with E-state index in [2.05, 4.69) is 23.2 Å². The molecule has 1 fully saturated rings. The first-order valence-corrected chi connectivity index (χ1v) is 6.89. The molecule has 19 heavy (non-hydrogen) atoms. The molecule has 1 unspecified atom stereocenters. The van der Waals surface area contributed by atoms with E-state index in [9.17, 15) is 4.79 Å². The maximum atomic E-state index is 12.1. The molecule has 0 aromatic heterocycles. The molecule has 2 aliphatic heterocycles. The molecule has 2 aliphatic rings. The normalized spacial score (nSPS) is 25.8. The molecular formula is C15H21ClN2O. The number of nitrogens with one attached hydrogen (secondary N) is 1. The summed E-state index contributed by atoms with van der Waals surface area (Å²) in [6.45, 7) is 5.46. The number of halogens is 1. The van der Waals surface area contributed by atoms with Crippen LogP contribution in [0.3, 0.4) is 0 Å². The average molecular weight is 281 g/mol. The minimum absolute atomic E-state index is 0. The number of rotatable bonds is 2. The van der Waals surface area contributed by atoms with Gasteiger partial charge in [0.1, 0.15) is 0 Å². The summed E-state index contributed by atoms with van der Waals surface area (Å²) in [6.07, 6.45) is 3.40. The number of carbonyl (C=O) groups excluding carboxylic acids is 1. The summed E-state index contributed by atoms with van der Waals surface area (Å²) < 4.78 is 0. The fraction of sp³-hybridized carbons (Fsp3) is 0.533. The van der Waals surface area contributed by atoms with Crippen molar-refractivity contribution in [1.82, 2.24) is 10.2 Å². The van der Waals surface area contributed by atoms with E-state index in [0.29, 0.717) is 0 Å². The Morgan fingerprint density at radius 2 is 2.16 bits per heavy atom. The molecule has 1 spiro atoms. The van der Waals surface area contributed by atoms with E-state index >= 15 is 0 Å². The van der Waals surface area contributed by atoms with Crippen molar-refractivity contribution >= 4 is 18.3 Å². The fourth-order valence-corrected chi connectivity index (χ4v) is 3.42. The average Bonchev–Trinajstić information content (AvgIpc) is 2.64. The number of hydrogen-bond donors (Lipinski definition) is 1. The van der Waals surface area contributed by atoms with Crippen LogP contribution in [0, 0.1) is 0 Å². The molecule has 1 amide bonds. The molecule has 4 heteroatoms. The minimum atomic E-state index is -0.124. The van der Waals surface area contributed by atoms with Gasteiger partial charge in [0.2, 0.25) is 0 Å². The molecule has 1 saturated heterocycles. The second-order valence-electron chi connectivity index (χ2n) is 5.46. The summed E-state index contributed by atoms with van der Waals surface area (Å²) in [5.41, 5.74) is 1.95. The molecule has 0 saturated carbocycles. The molecule has 1 atom stereocenters. The molecule has 2 heterocycles. The zero-order valence-electron chi connectivity index (χ0n) is 11.3.